The van der Waals surface area contributed by atoms with Crippen LogP contribution in [-0.4, -0.2) is 43.5 Å². The van der Waals surface area contributed by atoms with Gasteiger partial charge in [0, 0.05) is 14.2 Å². The van der Waals surface area contributed by atoms with Gasteiger partial charge in [-0.1, -0.05) is 0 Å². The maximum atomic E-state index is 11.7. The Bertz CT molecular complexity index is 201. The quantitative estimate of drug-likeness (QED) is 0.724. The van der Waals surface area contributed by atoms with E-state index in [1.54, 1.807) is 14.2 Å². The van der Waals surface area contributed by atoms with E-state index in [4.69, 9.17) is 9.47 Å². The Morgan fingerprint density at radius 3 is 2.33 bits per heavy atom. The number of hydrazine groups is 1. The van der Waals surface area contributed by atoms with Crippen molar-refractivity contribution >= 4 is 6.09 Å². The summed E-state index contributed by atoms with van der Waals surface area (Å²) < 4.78 is 10.2. The molecular weight excluding hydrogens is 196 g/mol. The van der Waals surface area contributed by atoms with E-state index in [-0.39, 0.29) is 6.04 Å². The Morgan fingerprint density at radius 1 is 1.47 bits per heavy atom. The molecule has 0 saturated heterocycles. The van der Waals surface area contributed by atoms with Crippen LogP contribution in [0.1, 0.15) is 27.7 Å². The second kappa shape index (κ2) is 5.92. The van der Waals surface area contributed by atoms with Crippen LogP contribution in [0, 0.1) is 0 Å². The van der Waals surface area contributed by atoms with Crippen LogP contribution < -0.4 is 5.43 Å². The molecule has 0 aromatic rings. The predicted molar refractivity (Wildman–Crippen MR) is 58.5 cm³/mol. The Kier molecular flexibility index (Phi) is 5.60. The van der Waals surface area contributed by atoms with Gasteiger partial charge in [-0.15, -0.1) is 0 Å². The number of carbonyl (C=O) groups is 1. The summed E-state index contributed by atoms with van der Waals surface area (Å²) in [6.07, 6.45) is -0.394. The van der Waals surface area contributed by atoms with Gasteiger partial charge in [-0.05, 0) is 27.7 Å². The molecule has 0 unspecified atom stereocenters. The first-order chi connectivity index (χ1) is 6.81. The summed E-state index contributed by atoms with van der Waals surface area (Å²) in [6.45, 7) is 7.84. The standard InChI is InChI=1S/C10H22N2O3/c1-8(7-14-6)12(11-5)9(13)15-10(2,3)4/h8,11H,7H2,1-6H3/t8-/m0/s1. The highest BCUT2D eigenvalue weighted by Crippen LogP contribution is 2.10. The Labute approximate surface area is 91.7 Å². The summed E-state index contributed by atoms with van der Waals surface area (Å²) in [5.41, 5.74) is 2.30. The average Bonchev–Trinajstić information content (AvgIpc) is 2.02. The third-order valence-corrected chi connectivity index (χ3v) is 1.68. The van der Waals surface area contributed by atoms with Gasteiger partial charge in [0.2, 0.25) is 0 Å². The van der Waals surface area contributed by atoms with E-state index < -0.39 is 11.7 Å². The minimum absolute atomic E-state index is 0.0742. The van der Waals surface area contributed by atoms with Gasteiger partial charge in [-0.25, -0.2) is 15.2 Å². The molecule has 5 heteroatoms. The zero-order valence-electron chi connectivity index (χ0n) is 10.5. The van der Waals surface area contributed by atoms with Gasteiger partial charge in [-0.3, -0.25) is 0 Å². The molecule has 0 aliphatic heterocycles. The van der Waals surface area contributed by atoms with Crippen molar-refractivity contribution in [3.8, 4) is 0 Å². The molecule has 0 aliphatic rings. The highest BCUT2D eigenvalue weighted by Gasteiger charge is 2.24. The topological polar surface area (TPSA) is 50.8 Å². The zero-order chi connectivity index (χ0) is 12.1. The van der Waals surface area contributed by atoms with Crippen LogP contribution in [0.4, 0.5) is 4.79 Å². The first-order valence-electron chi connectivity index (χ1n) is 5.00. The van der Waals surface area contributed by atoms with Crippen molar-refractivity contribution in [2.24, 2.45) is 0 Å². The van der Waals surface area contributed by atoms with Crippen LogP contribution in [0.2, 0.25) is 0 Å². The third kappa shape index (κ3) is 5.59. The maximum absolute atomic E-state index is 11.7. The van der Waals surface area contributed by atoms with Crippen LogP contribution >= 0.6 is 0 Å². The minimum Gasteiger partial charge on any atom is -0.443 e. The first kappa shape index (κ1) is 14.2. The molecule has 0 rings (SSSR count). The maximum Gasteiger partial charge on any atom is 0.425 e. The zero-order valence-corrected chi connectivity index (χ0v) is 10.5. The lowest BCUT2D eigenvalue weighted by molar-refractivity contribution is -0.00399. The largest absolute Gasteiger partial charge is 0.443 e. The Hall–Kier alpha value is -0.810. The van der Waals surface area contributed by atoms with Crippen molar-refractivity contribution in [3.05, 3.63) is 0 Å². The molecule has 0 aliphatic carbocycles. The van der Waals surface area contributed by atoms with Gasteiger partial charge >= 0.3 is 6.09 Å². The van der Waals surface area contributed by atoms with Gasteiger partial charge in [0.15, 0.2) is 0 Å². The van der Waals surface area contributed by atoms with E-state index in [0.29, 0.717) is 6.61 Å². The monoisotopic (exact) mass is 218 g/mol. The summed E-state index contributed by atoms with van der Waals surface area (Å²) >= 11 is 0. The number of nitrogens with zero attached hydrogens (tertiary/aromatic N) is 1. The molecule has 0 spiro atoms. The van der Waals surface area contributed by atoms with Crippen molar-refractivity contribution in [2.45, 2.75) is 39.3 Å². The molecule has 0 heterocycles. The van der Waals surface area contributed by atoms with E-state index in [1.165, 1.54) is 5.01 Å². The minimum atomic E-state index is -0.487. The molecule has 1 amide bonds. The lowest BCUT2D eigenvalue weighted by atomic mass is 10.2. The smallest absolute Gasteiger partial charge is 0.425 e. The van der Waals surface area contributed by atoms with Gasteiger partial charge in [0.25, 0.3) is 0 Å². The van der Waals surface area contributed by atoms with Crippen LogP contribution in [-0.2, 0) is 9.47 Å². The summed E-state index contributed by atoms with van der Waals surface area (Å²) in [7, 11) is 3.27. The van der Waals surface area contributed by atoms with Crippen molar-refractivity contribution < 1.29 is 14.3 Å². The van der Waals surface area contributed by atoms with Crippen LogP contribution in [0.3, 0.4) is 0 Å². The van der Waals surface area contributed by atoms with E-state index in [9.17, 15) is 4.79 Å². The molecule has 0 fully saturated rings. The molecule has 1 N–H and O–H groups in total. The summed E-state index contributed by atoms with van der Waals surface area (Å²) in [4.78, 5) is 11.7. The lowest BCUT2D eigenvalue weighted by Gasteiger charge is -2.30. The van der Waals surface area contributed by atoms with Gasteiger partial charge in [0.1, 0.15) is 5.60 Å². The van der Waals surface area contributed by atoms with Crippen molar-refractivity contribution in [2.75, 3.05) is 20.8 Å². The number of hydrogen-bond donors (Lipinski definition) is 1. The molecular formula is C10H22N2O3. The number of hydrogen-bond acceptors (Lipinski definition) is 4. The highest BCUT2D eigenvalue weighted by molar-refractivity contribution is 5.67. The van der Waals surface area contributed by atoms with Crippen LogP contribution in [0.15, 0.2) is 0 Å². The fourth-order valence-corrected chi connectivity index (χ4v) is 1.12. The van der Waals surface area contributed by atoms with E-state index >= 15 is 0 Å². The Morgan fingerprint density at radius 2 is 2.00 bits per heavy atom. The van der Waals surface area contributed by atoms with E-state index in [2.05, 4.69) is 5.43 Å². The fraction of sp³-hybridized carbons (Fsp3) is 0.900. The molecule has 90 valence electrons. The van der Waals surface area contributed by atoms with Gasteiger partial charge in [0.05, 0.1) is 12.6 Å². The highest BCUT2D eigenvalue weighted by atomic mass is 16.6. The second-order valence-corrected chi connectivity index (χ2v) is 4.38. The fourth-order valence-electron chi connectivity index (χ4n) is 1.12. The molecule has 0 aromatic heterocycles. The number of nitrogens with one attached hydrogen (secondary N) is 1. The van der Waals surface area contributed by atoms with Crippen molar-refractivity contribution in [1.82, 2.24) is 10.4 Å². The second-order valence-electron chi connectivity index (χ2n) is 4.38. The molecule has 0 aromatic carbocycles. The number of carbonyl (C=O) groups excluding carboxylic acids is 1. The molecule has 5 nitrogen and oxygen atoms in total. The van der Waals surface area contributed by atoms with Crippen molar-refractivity contribution in [3.63, 3.8) is 0 Å². The van der Waals surface area contributed by atoms with Crippen LogP contribution in [0.25, 0.3) is 0 Å². The number of amides is 1. The van der Waals surface area contributed by atoms with E-state index in [0.717, 1.165) is 0 Å². The number of methoxy groups -OCH3 is 1. The third-order valence-electron chi connectivity index (χ3n) is 1.68. The van der Waals surface area contributed by atoms with Gasteiger partial charge in [-0.2, -0.15) is 0 Å². The molecule has 0 bridgehead atoms. The first-order valence-corrected chi connectivity index (χ1v) is 5.00. The number of rotatable bonds is 4. The lowest BCUT2D eigenvalue weighted by Crippen LogP contribution is -2.50. The average molecular weight is 218 g/mol. The molecule has 0 saturated carbocycles. The summed E-state index contributed by atoms with van der Waals surface area (Å²) in [6, 6.07) is -0.0742. The SMILES string of the molecule is CNN(C(=O)OC(C)(C)C)[C@@H](C)COC. The van der Waals surface area contributed by atoms with E-state index in [1.807, 2.05) is 27.7 Å². The summed E-state index contributed by atoms with van der Waals surface area (Å²) in [5.74, 6) is 0. The van der Waals surface area contributed by atoms with Crippen LogP contribution in [0.5, 0.6) is 0 Å². The normalized spacial score (nSPS) is 13.5. The molecule has 0 radical (unpaired) electrons. The van der Waals surface area contributed by atoms with Gasteiger partial charge < -0.3 is 9.47 Å². The predicted octanol–water partition coefficient (Wildman–Crippen LogP) is 1.39. The summed E-state index contributed by atoms with van der Waals surface area (Å²) in [5, 5.41) is 1.41. The van der Waals surface area contributed by atoms with Crippen molar-refractivity contribution in [1.29, 1.82) is 0 Å². The Balaban J connectivity index is 4.34. The molecule has 1 atom stereocenters. The molecule has 15 heavy (non-hydrogen) atoms. The number of ether oxygens (including phenoxy) is 2.